The van der Waals surface area contributed by atoms with Crippen LogP contribution in [0.25, 0.3) is 0 Å². The summed E-state index contributed by atoms with van der Waals surface area (Å²) in [6, 6.07) is 2.61. The summed E-state index contributed by atoms with van der Waals surface area (Å²) in [6.45, 7) is 3.79. The van der Waals surface area contributed by atoms with Gasteiger partial charge < -0.3 is 5.11 Å². The van der Waals surface area contributed by atoms with Crippen LogP contribution in [0.3, 0.4) is 0 Å². The van der Waals surface area contributed by atoms with Gasteiger partial charge in [0.05, 0.1) is 16.1 Å². The topological polar surface area (TPSA) is 66.4 Å². The Balaban J connectivity index is 2.93. The van der Waals surface area contributed by atoms with E-state index in [2.05, 4.69) is 4.72 Å². The summed E-state index contributed by atoms with van der Waals surface area (Å²) in [4.78, 5) is -0.230. The zero-order valence-electron chi connectivity index (χ0n) is 11.7. The molecule has 0 radical (unpaired) electrons. The summed E-state index contributed by atoms with van der Waals surface area (Å²) >= 11 is 17.6. The molecule has 1 atom stereocenters. The Kier molecular flexibility index (Phi) is 7.24. The van der Waals surface area contributed by atoms with E-state index in [1.54, 1.807) is 0 Å². The lowest BCUT2D eigenvalue weighted by Gasteiger charge is -2.20. The van der Waals surface area contributed by atoms with Crippen molar-refractivity contribution in [1.82, 2.24) is 4.72 Å². The monoisotopic (exact) mass is 373 g/mol. The highest BCUT2D eigenvalue weighted by Crippen LogP contribution is 2.32. The lowest BCUT2D eigenvalue weighted by molar-refractivity contribution is 0.107. The predicted molar refractivity (Wildman–Crippen MR) is 86.7 cm³/mol. The quantitative estimate of drug-likeness (QED) is 0.764. The summed E-state index contributed by atoms with van der Waals surface area (Å²) < 4.78 is 26.8. The van der Waals surface area contributed by atoms with Crippen molar-refractivity contribution in [2.75, 3.05) is 6.54 Å². The van der Waals surface area contributed by atoms with Gasteiger partial charge in [-0.2, -0.15) is 0 Å². The summed E-state index contributed by atoms with van der Waals surface area (Å²) in [6.07, 6.45) is 0.767. The van der Waals surface area contributed by atoms with E-state index in [-0.39, 0.29) is 32.4 Å². The number of benzene rings is 1. The predicted octanol–water partition coefficient (Wildman–Crippen LogP) is 3.72. The van der Waals surface area contributed by atoms with Gasteiger partial charge in [0.25, 0.3) is 0 Å². The maximum absolute atomic E-state index is 12.3. The fourth-order valence-electron chi connectivity index (χ4n) is 2.05. The maximum atomic E-state index is 12.3. The van der Waals surface area contributed by atoms with Gasteiger partial charge >= 0.3 is 0 Å². The largest absolute Gasteiger partial charge is 0.391 e. The van der Waals surface area contributed by atoms with Crippen LogP contribution in [0.4, 0.5) is 0 Å². The summed E-state index contributed by atoms with van der Waals surface area (Å²) in [5, 5.41) is 10.1. The Morgan fingerprint density at radius 2 is 1.62 bits per heavy atom. The van der Waals surface area contributed by atoms with Gasteiger partial charge in [0.2, 0.25) is 10.0 Å². The Morgan fingerprint density at radius 1 is 1.14 bits per heavy atom. The maximum Gasteiger partial charge on any atom is 0.243 e. The zero-order chi connectivity index (χ0) is 16.2. The standard InChI is InChI=1S/C13H18Cl3NO3S/c1-3-8(4-2)12(18)7-17-21(19,20)13-10(15)5-9(14)6-11(13)16/h5-6,8,12,17-18H,3-4,7H2,1-2H3. The van der Waals surface area contributed by atoms with Crippen molar-refractivity contribution in [2.24, 2.45) is 5.92 Å². The molecule has 0 fully saturated rings. The molecular formula is C13H18Cl3NO3S. The highest BCUT2D eigenvalue weighted by molar-refractivity contribution is 7.89. The normalized spacial score (nSPS) is 13.7. The molecule has 1 unspecified atom stereocenters. The summed E-state index contributed by atoms with van der Waals surface area (Å²) in [7, 11) is -3.92. The minimum atomic E-state index is -3.92. The number of halogens is 3. The molecule has 120 valence electrons. The van der Waals surface area contributed by atoms with Crippen molar-refractivity contribution in [3.8, 4) is 0 Å². The Bertz CT molecular complexity index is 565. The number of hydrogen-bond donors (Lipinski definition) is 2. The van der Waals surface area contributed by atoms with Crippen LogP contribution in [0, 0.1) is 5.92 Å². The van der Waals surface area contributed by atoms with Crippen molar-refractivity contribution < 1.29 is 13.5 Å². The second kappa shape index (κ2) is 7.99. The molecule has 0 saturated carbocycles. The molecule has 0 amide bonds. The molecule has 1 aromatic rings. The van der Waals surface area contributed by atoms with Crippen LogP contribution in [0.2, 0.25) is 15.1 Å². The lowest BCUT2D eigenvalue weighted by atomic mass is 9.97. The second-order valence-corrected chi connectivity index (χ2v) is 7.65. The van der Waals surface area contributed by atoms with Crippen molar-refractivity contribution in [3.05, 3.63) is 27.2 Å². The molecule has 0 spiro atoms. The van der Waals surface area contributed by atoms with Crippen molar-refractivity contribution in [3.63, 3.8) is 0 Å². The third-order valence-corrected chi connectivity index (χ3v) is 5.87. The molecule has 1 rings (SSSR count). The molecule has 21 heavy (non-hydrogen) atoms. The number of aliphatic hydroxyl groups excluding tert-OH is 1. The Morgan fingerprint density at radius 3 is 2.05 bits per heavy atom. The van der Waals surface area contributed by atoms with Crippen LogP contribution >= 0.6 is 34.8 Å². The number of rotatable bonds is 7. The van der Waals surface area contributed by atoms with E-state index in [1.165, 1.54) is 12.1 Å². The van der Waals surface area contributed by atoms with E-state index in [9.17, 15) is 13.5 Å². The molecular weight excluding hydrogens is 357 g/mol. The van der Waals surface area contributed by atoms with E-state index in [4.69, 9.17) is 34.8 Å². The van der Waals surface area contributed by atoms with E-state index in [0.717, 1.165) is 12.8 Å². The van der Waals surface area contributed by atoms with Gasteiger partial charge in [-0.1, -0.05) is 61.5 Å². The van der Waals surface area contributed by atoms with Crippen LogP contribution in [0.15, 0.2) is 17.0 Å². The average Bonchev–Trinajstić information content (AvgIpc) is 2.36. The van der Waals surface area contributed by atoms with E-state index < -0.39 is 16.1 Å². The molecule has 0 aliphatic rings. The van der Waals surface area contributed by atoms with Gasteiger partial charge in [-0.05, 0) is 18.1 Å². The molecule has 0 aliphatic carbocycles. The molecule has 0 saturated heterocycles. The number of nitrogens with one attached hydrogen (secondary N) is 1. The molecule has 8 heteroatoms. The Labute approximate surface area is 140 Å². The smallest absolute Gasteiger partial charge is 0.243 e. The van der Waals surface area contributed by atoms with Gasteiger partial charge in [0.1, 0.15) is 4.90 Å². The van der Waals surface area contributed by atoms with Gasteiger partial charge in [-0.25, -0.2) is 13.1 Å². The zero-order valence-corrected chi connectivity index (χ0v) is 14.8. The fourth-order valence-corrected chi connectivity index (χ4v) is 4.64. The molecule has 1 aromatic carbocycles. The minimum Gasteiger partial charge on any atom is -0.391 e. The SMILES string of the molecule is CCC(CC)C(O)CNS(=O)(=O)c1c(Cl)cc(Cl)cc1Cl. The van der Waals surface area contributed by atoms with Crippen LogP contribution in [0.5, 0.6) is 0 Å². The van der Waals surface area contributed by atoms with Crippen molar-refractivity contribution in [2.45, 2.75) is 37.7 Å². The minimum absolute atomic E-state index is 0.0314. The van der Waals surface area contributed by atoms with Gasteiger partial charge in [-0.3, -0.25) is 0 Å². The summed E-state index contributed by atoms with van der Waals surface area (Å²) in [5.74, 6) is 0.0314. The van der Waals surface area contributed by atoms with E-state index in [1.807, 2.05) is 13.8 Å². The van der Waals surface area contributed by atoms with Crippen molar-refractivity contribution >= 4 is 44.8 Å². The first kappa shape index (κ1) is 19.0. The molecule has 0 bridgehead atoms. The number of aliphatic hydroxyl groups is 1. The first-order valence-corrected chi connectivity index (χ1v) is 9.16. The molecule has 0 heterocycles. The summed E-state index contributed by atoms with van der Waals surface area (Å²) in [5.41, 5.74) is 0. The molecule has 4 nitrogen and oxygen atoms in total. The average molecular weight is 375 g/mol. The molecule has 0 aromatic heterocycles. The number of sulfonamides is 1. The van der Waals surface area contributed by atoms with E-state index >= 15 is 0 Å². The fraction of sp³-hybridized carbons (Fsp3) is 0.538. The molecule has 0 aliphatic heterocycles. The van der Waals surface area contributed by atoms with Crippen LogP contribution in [-0.4, -0.2) is 26.2 Å². The number of hydrogen-bond acceptors (Lipinski definition) is 3. The van der Waals surface area contributed by atoms with Gasteiger partial charge in [-0.15, -0.1) is 0 Å². The van der Waals surface area contributed by atoms with Crippen molar-refractivity contribution in [1.29, 1.82) is 0 Å². The first-order valence-electron chi connectivity index (χ1n) is 6.55. The van der Waals surface area contributed by atoms with Gasteiger partial charge in [0, 0.05) is 11.6 Å². The van der Waals surface area contributed by atoms with Crippen LogP contribution in [0.1, 0.15) is 26.7 Å². The van der Waals surface area contributed by atoms with Crippen LogP contribution < -0.4 is 4.72 Å². The third-order valence-electron chi connectivity index (χ3n) is 3.31. The third kappa shape index (κ3) is 4.98. The second-order valence-electron chi connectivity index (χ2n) is 4.69. The highest BCUT2D eigenvalue weighted by Gasteiger charge is 2.24. The van der Waals surface area contributed by atoms with Crippen LogP contribution in [-0.2, 0) is 10.0 Å². The highest BCUT2D eigenvalue weighted by atomic mass is 35.5. The molecule has 2 N–H and O–H groups in total. The van der Waals surface area contributed by atoms with E-state index in [0.29, 0.717) is 0 Å². The lowest BCUT2D eigenvalue weighted by Crippen LogP contribution is -2.36. The first-order chi connectivity index (χ1) is 9.72. The van der Waals surface area contributed by atoms with Gasteiger partial charge in [0.15, 0.2) is 0 Å². The Hall–Kier alpha value is -0.0400.